The molecule has 5 heteroatoms. The van der Waals surface area contributed by atoms with E-state index < -0.39 is 5.91 Å². The molecule has 2 atom stereocenters. The Balaban J connectivity index is 2.65. The number of aromatic hydroxyl groups is 1. The molecule has 0 heterocycles. The van der Waals surface area contributed by atoms with Crippen molar-refractivity contribution in [3.05, 3.63) is 23.8 Å². The molecular weight excluding hydrogens is 246 g/mol. The Morgan fingerprint density at radius 3 is 2.68 bits per heavy atom. The second kappa shape index (κ2) is 6.99. The van der Waals surface area contributed by atoms with Crippen LogP contribution in [0.3, 0.4) is 0 Å². The van der Waals surface area contributed by atoms with Crippen molar-refractivity contribution in [1.29, 1.82) is 0 Å². The number of nitrogens with two attached hydrogens (primary N) is 1. The van der Waals surface area contributed by atoms with Gasteiger partial charge in [0.2, 0.25) is 0 Å². The number of carbonyl (C=O) groups is 1. The van der Waals surface area contributed by atoms with Gasteiger partial charge < -0.3 is 20.7 Å². The first-order valence-corrected chi connectivity index (χ1v) is 6.31. The number of ether oxygens (including phenoxy) is 1. The number of phenolic OH excluding ortho intramolecular Hbond substituents is 1. The van der Waals surface area contributed by atoms with Crippen LogP contribution < -0.4 is 10.5 Å². The molecule has 1 amide bonds. The zero-order valence-electron chi connectivity index (χ0n) is 11.3. The molecule has 0 aliphatic heterocycles. The van der Waals surface area contributed by atoms with Gasteiger partial charge in [0, 0.05) is 0 Å². The summed E-state index contributed by atoms with van der Waals surface area (Å²) in [4.78, 5) is 10.6. The van der Waals surface area contributed by atoms with Crippen LogP contribution in [-0.4, -0.2) is 28.8 Å². The number of phenols is 1. The van der Waals surface area contributed by atoms with Gasteiger partial charge in [-0.3, -0.25) is 4.79 Å². The van der Waals surface area contributed by atoms with E-state index in [9.17, 15) is 15.0 Å². The van der Waals surface area contributed by atoms with Gasteiger partial charge in [-0.05, 0) is 43.4 Å². The van der Waals surface area contributed by atoms with Gasteiger partial charge in [0.25, 0.3) is 5.91 Å². The highest BCUT2D eigenvalue weighted by Gasteiger charge is 2.10. The van der Waals surface area contributed by atoms with Gasteiger partial charge >= 0.3 is 0 Å². The fourth-order valence-electron chi connectivity index (χ4n) is 1.61. The topological polar surface area (TPSA) is 92.8 Å². The molecule has 4 N–H and O–H groups in total. The highest BCUT2D eigenvalue weighted by molar-refractivity contribution is 5.75. The van der Waals surface area contributed by atoms with Crippen LogP contribution in [0.25, 0.3) is 0 Å². The van der Waals surface area contributed by atoms with Gasteiger partial charge in [-0.25, -0.2) is 0 Å². The first kappa shape index (κ1) is 15.3. The summed E-state index contributed by atoms with van der Waals surface area (Å²) in [5.74, 6) is -0.161. The number of amides is 1. The van der Waals surface area contributed by atoms with Crippen LogP contribution in [0.15, 0.2) is 18.2 Å². The van der Waals surface area contributed by atoms with Crippen LogP contribution in [0, 0.1) is 5.92 Å². The fourth-order valence-corrected chi connectivity index (χ4v) is 1.61. The molecule has 0 saturated heterocycles. The van der Waals surface area contributed by atoms with Crippen LogP contribution in [0.2, 0.25) is 0 Å². The maximum Gasteiger partial charge on any atom is 0.255 e. The lowest BCUT2D eigenvalue weighted by molar-refractivity contribution is -0.119. The number of carbonyl (C=O) groups excluding carboxylic acids is 1. The second-order valence-corrected chi connectivity index (χ2v) is 4.81. The summed E-state index contributed by atoms with van der Waals surface area (Å²) in [5.41, 5.74) is 5.96. The van der Waals surface area contributed by atoms with Gasteiger partial charge in [0.1, 0.15) is 0 Å². The van der Waals surface area contributed by atoms with Gasteiger partial charge in [-0.15, -0.1) is 0 Å². The molecule has 1 rings (SSSR count). The molecule has 0 radical (unpaired) electrons. The predicted octanol–water partition coefficient (Wildman–Crippen LogP) is 1.21. The van der Waals surface area contributed by atoms with Crippen molar-refractivity contribution in [2.45, 2.75) is 32.8 Å². The molecule has 0 fully saturated rings. The minimum Gasteiger partial charge on any atom is -0.504 e. The third-order valence-corrected chi connectivity index (χ3v) is 3.11. The molecule has 0 aromatic heterocycles. The summed E-state index contributed by atoms with van der Waals surface area (Å²) < 4.78 is 5.12. The predicted molar refractivity (Wildman–Crippen MR) is 72.0 cm³/mol. The average Bonchev–Trinajstić information content (AvgIpc) is 2.35. The summed E-state index contributed by atoms with van der Waals surface area (Å²) in [7, 11) is 0. The van der Waals surface area contributed by atoms with Crippen molar-refractivity contribution in [3.63, 3.8) is 0 Å². The summed E-state index contributed by atoms with van der Waals surface area (Å²) in [5, 5.41) is 19.0. The molecule has 0 bridgehead atoms. The Labute approximate surface area is 113 Å². The number of benzene rings is 1. The minimum absolute atomic E-state index is 0.0198. The van der Waals surface area contributed by atoms with Crippen molar-refractivity contribution in [1.82, 2.24) is 0 Å². The zero-order valence-corrected chi connectivity index (χ0v) is 11.3. The Bertz CT molecular complexity index is 431. The van der Waals surface area contributed by atoms with E-state index in [0.29, 0.717) is 0 Å². The van der Waals surface area contributed by atoms with Crippen molar-refractivity contribution in [2.24, 2.45) is 11.7 Å². The maximum atomic E-state index is 10.6. The SMILES string of the molecule is CC(O)[C@@H](C)CCc1ccc(O)c(OCC(N)=O)c1. The van der Waals surface area contributed by atoms with E-state index >= 15 is 0 Å². The minimum atomic E-state index is -0.590. The molecule has 1 aromatic carbocycles. The van der Waals surface area contributed by atoms with Gasteiger partial charge in [-0.2, -0.15) is 0 Å². The first-order chi connectivity index (χ1) is 8.90. The number of hydrogen-bond donors (Lipinski definition) is 3. The normalized spacial score (nSPS) is 13.8. The van der Waals surface area contributed by atoms with Crippen LogP contribution in [0.1, 0.15) is 25.8 Å². The lowest BCUT2D eigenvalue weighted by atomic mass is 9.97. The van der Waals surface area contributed by atoms with Crippen molar-refractivity contribution in [2.75, 3.05) is 6.61 Å². The molecular formula is C14H21NO4. The third kappa shape index (κ3) is 5.18. The Kier molecular flexibility index (Phi) is 5.63. The molecule has 5 nitrogen and oxygen atoms in total. The van der Waals surface area contributed by atoms with Crippen LogP contribution in [0.4, 0.5) is 0 Å². The highest BCUT2D eigenvalue weighted by Crippen LogP contribution is 2.27. The first-order valence-electron chi connectivity index (χ1n) is 6.31. The van der Waals surface area contributed by atoms with Gasteiger partial charge in [-0.1, -0.05) is 13.0 Å². The molecule has 106 valence electrons. The van der Waals surface area contributed by atoms with E-state index in [0.717, 1.165) is 18.4 Å². The average molecular weight is 267 g/mol. The second-order valence-electron chi connectivity index (χ2n) is 4.81. The standard InChI is InChI=1S/C14H21NO4/c1-9(10(2)16)3-4-11-5-6-12(17)13(7-11)19-8-14(15)18/h5-7,9-10,16-17H,3-4,8H2,1-2H3,(H2,15,18)/t9-,10?/m0/s1. The quantitative estimate of drug-likeness (QED) is 0.692. The van der Waals surface area contributed by atoms with Crippen molar-refractivity contribution >= 4 is 5.91 Å². The molecule has 0 saturated carbocycles. The Morgan fingerprint density at radius 1 is 1.42 bits per heavy atom. The molecule has 0 aliphatic carbocycles. The Hall–Kier alpha value is -1.75. The lowest BCUT2D eigenvalue weighted by Gasteiger charge is -2.14. The summed E-state index contributed by atoms with van der Waals surface area (Å²) in [6.45, 7) is 3.49. The highest BCUT2D eigenvalue weighted by atomic mass is 16.5. The molecule has 0 aliphatic rings. The van der Waals surface area contributed by atoms with Gasteiger partial charge in [0.15, 0.2) is 18.1 Å². The number of primary amides is 1. The third-order valence-electron chi connectivity index (χ3n) is 3.11. The number of aryl methyl sites for hydroxylation is 1. The van der Waals surface area contributed by atoms with Crippen LogP contribution >= 0.6 is 0 Å². The molecule has 19 heavy (non-hydrogen) atoms. The molecule has 0 spiro atoms. The zero-order chi connectivity index (χ0) is 14.4. The Morgan fingerprint density at radius 2 is 2.11 bits per heavy atom. The van der Waals surface area contributed by atoms with Crippen LogP contribution in [0.5, 0.6) is 11.5 Å². The van der Waals surface area contributed by atoms with E-state index in [2.05, 4.69) is 0 Å². The molecule has 1 aromatic rings. The monoisotopic (exact) mass is 267 g/mol. The maximum absolute atomic E-state index is 10.6. The van der Waals surface area contributed by atoms with E-state index in [1.165, 1.54) is 6.07 Å². The smallest absolute Gasteiger partial charge is 0.255 e. The van der Waals surface area contributed by atoms with E-state index in [4.69, 9.17) is 10.5 Å². The number of hydrogen-bond acceptors (Lipinski definition) is 4. The van der Waals surface area contributed by atoms with Crippen molar-refractivity contribution in [3.8, 4) is 11.5 Å². The number of rotatable bonds is 7. The summed E-state index contributed by atoms with van der Waals surface area (Å²) >= 11 is 0. The van der Waals surface area contributed by atoms with Crippen molar-refractivity contribution < 1.29 is 19.7 Å². The number of aliphatic hydroxyl groups is 1. The van der Waals surface area contributed by atoms with Gasteiger partial charge in [0.05, 0.1) is 6.10 Å². The van der Waals surface area contributed by atoms with E-state index in [-0.39, 0.29) is 30.1 Å². The van der Waals surface area contributed by atoms with E-state index in [1.807, 2.05) is 6.92 Å². The lowest BCUT2D eigenvalue weighted by Crippen LogP contribution is -2.20. The molecule has 1 unspecified atom stereocenters. The summed E-state index contributed by atoms with van der Waals surface area (Å²) in [6, 6.07) is 5.01. The fraction of sp³-hybridized carbons (Fsp3) is 0.500. The largest absolute Gasteiger partial charge is 0.504 e. The van der Waals surface area contributed by atoms with Crippen LogP contribution in [-0.2, 0) is 11.2 Å². The summed E-state index contributed by atoms with van der Waals surface area (Å²) in [6.07, 6.45) is 1.25. The number of aliphatic hydroxyl groups excluding tert-OH is 1. The van der Waals surface area contributed by atoms with E-state index in [1.54, 1.807) is 19.1 Å².